The Labute approximate surface area is 119 Å². The highest BCUT2D eigenvalue weighted by Gasteiger charge is 2.10. The number of halogens is 1. The molecule has 104 valence electrons. The van der Waals surface area contributed by atoms with E-state index >= 15 is 0 Å². The summed E-state index contributed by atoms with van der Waals surface area (Å²) in [6.45, 7) is 4.16. The number of nitrogens with zero attached hydrogens (tertiary/aromatic N) is 1. The van der Waals surface area contributed by atoms with Gasteiger partial charge in [0.25, 0.3) is 0 Å². The number of thiocarbonyl (C=S) groups is 1. The smallest absolute Gasteiger partial charge is 0.124 e. The van der Waals surface area contributed by atoms with Crippen molar-refractivity contribution in [3.63, 3.8) is 0 Å². The molecule has 3 N–H and O–H groups in total. The average molecular weight is 281 g/mol. The van der Waals surface area contributed by atoms with Crippen LogP contribution < -0.4 is 11.1 Å². The van der Waals surface area contributed by atoms with Crippen LogP contribution in [0.3, 0.4) is 0 Å². The van der Waals surface area contributed by atoms with Crippen molar-refractivity contribution >= 4 is 22.9 Å². The van der Waals surface area contributed by atoms with E-state index in [1.807, 2.05) is 0 Å². The van der Waals surface area contributed by atoms with E-state index in [2.05, 4.69) is 10.2 Å². The predicted molar refractivity (Wildman–Crippen MR) is 81.1 cm³/mol. The van der Waals surface area contributed by atoms with Gasteiger partial charge in [-0.15, -0.1) is 0 Å². The van der Waals surface area contributed by atoms with Crippen molar-refractivity contribution in [2.75, 3.05) is 31.5 Å². The van der Waals surface area contributed by atoms with Crippen molar-refractivity contribution in [1.82, 2.24) is 4.90 Å². The van der Waals surface area contributed by atoms with E-state index in [1.165, 1.54) is 44.5 Å². The molecule has 0 atom stereocenters. The second kappa shape index (κ2) is 6.82. The molecule has 1 saturated heterocycles. The highest BCUT2D eigenvalue weighted by Crippen LogP contribution is 2.17. The number of nitrogens with two attached hydrogens (primary N) is 1. The highest BCUT2D eigenvalue weighted by atomic mass is 32.1. The first kappa shape index (κ1) is 14.2. The van der Waals surface area contributed by atoms with Crippen LogP contribution in [0.1, 0.15) is 24.8 Å². The third-order valence-electron chi connectivity index (χ3n) is 3.44. The summed E-state index contributed by atoms with van der Waals surface area (Å²) < 4.78 is 13.2. The lowest BCUT2D eigenvalue weighted by Gasteiger charge is -2.26. The molecule has 0 aliphatic carbocycles. The molecule has 1 aliphatic rings. The van der Waals surface area contributed by atoms with E-state index in [9.17, 15) is 4.39 Å². The van der Waals surface area contributed by atoms with Gasteiger partial charge in [0.2, 0.25) is 0 Å². The van der Waals surface area contributed by atoms with Gasteiger partial charge >= 0.3 is 0 Å². The first-order chi connectivity index (χ1) is 9.16. The molecule has 1 aliphatic heterocycles. The van der Waals surface area contributed by atoms with Crippen molar-refractivity contribution < 1.29 is 4.39 Å². The number of piperidine rings is 1. The van der Waals surface area contributed by atoms with Crippen LogP contribution in [0.25, 0.3) is 0 Å². The van der Waals surface area contributed by atoms with Gasteiger partial charge in [-0.25, -0.2) is 4.39 Å². The van der Waals surface area contributed by atoms with Crippen LogP contribution in [0.15, 0.2) is 18.2 Å². The predicted octanol–water partition coefficient (Wildman–Crippen LogP) is 2.36. The van der Waals surface area contributed by atoms with Crippen molar-refractivity contribution in [3.05, 3.63) is 29.6 Å². The van der Waals surface area contributed by atoms with Gasteiger partial charge in [-0.3, -0.25) is 0 Å². The molecule has 3 nitrogen and oxygen atoms in total. The van der Waals surface area contributed by atoms with E-state index in [0.717, 1.165) is 18.8 Å². The number of likely N-dealkylation sites (tertiary alicyclic amines) is 1. The highest BCUT2D eigenvalue weighted by molar-refractivity contribution is 7.80. The molecular weight excluding hydrogens is 261 g/mol. The van der Waals surface area contributed by atoms with Crippen LogP contribution in [-0.4, -0.2) is 36.1 Å². The number of hydrogen-bond donors (Lipinski definition) is 2. The van der Waals surface area contributed by atoms with Crippen LogP contribution in [0.5, 0.6) is 0 Å². The Kier molecular flexibility index (Phi) is 5.10. The first-order valence-electron chi connectivity index (χ1n) is 6.72. The summed E-state index contributed by atoms with van der Waals surface area (Å²) in [6, 6.07) is 4.50. The summed E-state index contributed by atoms with van der Waals surface area (Å²) in [5.74, 6) is -0.315. The largest absolute Gasteiger partial charge is 0.389 e. The van der Waals surface area contributed by atoms with Gasteiger partial charge in [-0.1, -0.05) is 18.6 Å². The SMILES string of the molecule is NC(=S)c1cc(F)ccc1NCCN1CCCCC1. The van der Waals surface area contributed by atoms with Gasteiger partial charge in [0.1, 0.15) is 10.8 Å². The van der Waals surface area contributed by atoms with Gasteiger partial charge in [0.05, 0.1) is 0 Å². The quantitative estimate of drug-likeness (QED) is 0.813. The molecule has 1 aromatic carbocycles. The van der Waals surface area contributed by atoms with E-state index in [1.54, 1.807) is 6.07 Å². The summed E-state index contributed by atoms with van der Waals surface area (Å²) in [5.41, 5.74) is 7.00. The second-order valence-corrected chi connectivity index (χ2v) is 5.32. The lowest BCUT2D eigenvalue weighted by atomic mass is 10.1. The molecule has 19 heavy (non-hydrogen) atoms. The summed E-state index contributed by atoms with van der Waals surface area (Å²) in [4.78, 5) is 2.67. The van der Waals surface area contributed by atoms with Crippen LogP contribution >= 0.6 is 12.2 Å². The summed E-state index contributed by atoms with van der Waals surface area (Å²) in [7, 11) is 0. The number of rotatable bonds is 5. The molecule has 0 bridgehead atoms. The fraction of sp³-hybridized carbons (Fsp3) is 0.500. The fourth-order valence-electron chi connectivity index (χ4n) is 2.41. The Balaban J connectivity index is 1.89. The van der Waals surface area contributed by atoms with Gasteiger partial charge in [0, 0.05) is 24.3 Å². The molecule has 1 aromatic rings. The second-order valence-electron chi connectivity index (χ2n) is 4.88. The van der Waals surface area contributed by atoms with Gasteiger partial charge in [-0.2, -0.15) is 0 Å². The monoisotopic (exact) mass is 281 g/mol. The topological polar surface area (TPSA) is 41.3 Å². The summed E-state index contributed by atoms with van der Waals surface area (Å²) in [6.07, 6.45) is 3.91. The zero-order valence-corrected chi connectivity index (χ0v) is 11.8. The molecule has 0 aromatic heterocycles. The Bertz CT molecular complexity index is 444. The minimum absolute atomic E-state index is 0.222. The van der Waals surface area contributed by atoms with Crippen molar-refractivity contribution in [3.8, 4) is 0 Å². The third-order valence-corrected chi connectivity index (χ3v) is 3.66. The first-order valence-corrected chi connectivity index (χ1v) is 7.13. The molecule has 0 radical (unpaired) electrons. The van der Waals surface area contributed by atoms with Crippen molar-refractivity contribution in [2.24, 2.45) is 5.73 Å². The molecule has 0 amide bonds. The minimum atomic E-state index is -0.315. The zero-order chi connectivity index (χ0) is 13.7. The van der Waals surface area contributed by atoms with E-state index in [0.29, 0.717) is 5.56 Å². The number of benzene rings is 1. The molecular formula is C14H20FN3S. The molecule has 0 spiro atoms. The van der Waals surface area contributed by atoms with E-state index in [4.69, 9.17) is 18.0 Å². The van der Waals surface area contributed by atoms with Crippen molar-refractivity contribution in [1.29, 1.82) is 0 Å². The molecule has 5 heteroatoms. The maximum Gasteiger partial charge on any atom is 0.124 e. The van der Waals surface area contributed by atoms with Crippen LogP contribution in [0.2, 0.25) is 0 Å². The lowest BCUT2D eigenvalue weighted by Crippen LogP contribution is -2.33. The standard InChI is InChI=1S/C14H20FN3S/c15-11-4-5-13(12(10-11)14(16)19)17-6-9-18-7-2-1-3-8-18/h4-5,10,17H,1-3,6-9H2,(H2,16,19). The summed E-state index contributed by atoms with van der Waals surface area (Å²) >= 11 is 4.95. The van der Waals surface area contributed by atoms with Gasteiger partial charge < -0.3 is 16.0 Å². The van der Waals surface area contributed by atoms with Crippen LogP contribution in [0.4, 0.5) is 10.1 Å². The van der Waals surface area contributed by atoms with E-state index < -0.39 is 0 Å². The van der Waals surface area contributed by atoms with Crippen LogP contribution in [0, 0.1) is 5.82 Å². The number of anilines is 1. The third kappa shape index (κ3) is 4.14. The number of nitrogens with one attached hydrogen (secondary N) is 1. The Morgan fingerprint density at radius 3 is 2.74 bits per heavy atom. The number of hydrogen-bond acceptors (Lipinski definition) is 3. The fourth-order valence-corrected chi connectivity index (χ4v) is 2.58. The average Bonchev–Trinajstić information content (AvgIpc) is 2.41. The zero-order valence-electron chi connectivity index (χ0n) is 11.0. The molecule has 2 rings (SSSR count). The van der Waals surface area contributed by atoms with Crippen LogP contribution in [-0.2, 0) is 0 Å². The van der Waals surface area contributed by atoms with Gasteiger partial charge in [-0.05, 0) is 44.1 Å². The van der Waals surface area contributed by atoms with Gasteiger partial charge in [0.15, 0.2) is 0 Å². The molecule has 1 fully saturated rings. The summed E-state index contributed by atoms with van der Waals surface area (Å²) in [5, 5.41) is 3.29. The molecule has 0 saturated carbocycles. The minimum Gasteiger partial charge on any atom is -0.389 e. The molecule has 0 unspecified atom stereocenters. The normalized spacial score (nSPS) is 16.3. The maximum absolute atomic E-state index is 13.2. The Morgan fingerprint density at radius 2 is 2.05 bits per heavy atom. The lowest BCUT2D eigenvalue weighted by molar-refractivity contribution is 0.237. The maximum atomic E-state index is 13.2. The Morgan fingerprint density at radius 1 is 1.32 bits per heavy atom. The molecule has 1 heterocycles. The van der Waals surface area contributed by atoms with E-state index in [-0.39, 0.29) is 10.8 Å². The Hall–Kier alpha value is -1.20. The van der Waals surface area contributed by atoms with Crippen molar-refractivity contribution in [2.45, 2.75) is 19.3 Å².